The Hall–Kier alpha value is -3.36. The number of sulfonamides is 1. The van der Waals surface area contributed by atoms with Crippen LogP contribution >= 0.6 is 0 Å². The maximum Gasteiger partial charge on any atom is 0.337 e. The summed E-state index contributed by atoms with van der Waals surface area (Å²) < 4.78 is 29.1. The van der Waals surface area contributed by atoms with E-state index in [0.29, 0.717) is 12.3 Å². The minimum absolute atomic E-state index is 0.0420. The maximum absolute atomic E-state index is 11.8. The number of aromatic carboxylic acids is 1. The fraction of sp³-hybridized carbons (Fsp3) is 0.0952. The van der Waals surface area contributed by atoms with Crippen LogP contribution in [0.4, 0.5) is 5.69 Å². The van der Waals surface area contributed by atoms with E-state index in [2.05, 4.69) is 29.6 Å². The van der Waals surface area contributed by atoms with Crippen LogP contribution in [0, 0.1) is 0 Å². The second-order valence-corrected chi connectivity index (χ2v) is 7.75. The topological polar surface area (TPSA) is 119 Å². The van der Waals surface area contributed by atoms with Gasteiger partial charge in [-0.3, -0.25) is 0 Å². The van der Waals surface area contributed by atoms with E-state index in [9.17, 15) is 18.3 Å². The first-order valence-corrected chi connectivity index (χ1v) is 10.4. The molecule has 0 amide bonds. The number of rotatable bonds is 6. The molecular formula is C21H20N2O5S. The van der Waals surface area contributed by atoms with E-state index in [1.54, 1.807) is 37.3 Å². The van der Waals surface area contributed by atoms with Gasteiger partial charge in [0.25, 0.3) is 0 Å². The summed E-state index contributed by atoms with van der Waals surface area (Å²) in [5, 5.41) is 17.3. The molecule has 0 aliphatic heterocycles. The molecular weight excluding hydrogens is 392 g/mol. The normalized spacial score (nSPS) is 11.1. The van der Waals surface area contributed by atoms with Gasteiger partial charge in [0, 0.05) is 12.6 Å². The molecule has 0 saturated carbocycles. The summed E-state index contributed by atoms with van der Waals surface area (Å²) in [4.78, 5) is 10.9. The molecule has 2 aliphatic rings. The van der Waals surface area contributed by atoms with Gasteiger partial charge in [0.05, 0.1) is 11.3 Å². The van der Waals surface area contributed by atoms with Crippen LogP contribution in [0.2, 0.25) is 0 Å². The molecule has 29 heavy (non-hydrogen) atoms. The van der Waals surface area contributed by atoms with Gasteiger partial charge in [0.15, 0.2) is 0 Å². The molecule has 0 bridgehead atoms. The number of benzene rings is 3. The molecule has 4 N–H and O–H groups in total. The Bertz CT molecular complexity index is 1130. The molecule has 0 atom stereocenters. The van der Waals surface area contributed by atoms with Crippen LogP contribution in [0.15, 0.2) is 71.6 Å². The number of carboxylic acids is 1. The second kappa shape index (κ2) is 8.34. The summed E-state index contributed by atoms with van der Waals surface area (Å²) in [6.45, 7) is 2.25. The third-order valence-corrected chi connectivity index (χ3v) is 5.00. The molecule has 4 rings (SSSR count). The number of hydrogen-bond donors (Lipinski definition) is 3. The van der Waals surface area contributed by atoms with Crippen molar-refractivity contribution in [1.29, 1.82) is 0 Å². The lowest BCUT2D eigenvalue weighted by Gasteiger charge is -2.15. The summed E-state index contributed by atoms with van der Waals surface area (Å²) in [7, 11) is -4.16. The number of anilines is 1. The van der Waals surface area contributed by atoms with Gasteiger partial charge in [-0.25, -0.2) is 18.4 Å². The number of hydrogen-bond acceptors (Lipinski definition) is 5. The molecule has 0 saturated heterocycles. The minimum atomic E-state index is -4.16. The van der Waals surface area contributed by atoms with Crippen LogP contribution in [0.1, 0.15) is 17.3 Å². The molecule has 150 valence electrons. The van der Waals surface area contributed by atoms with Gasteiger partial charge in [-0.15, -0.1) is 0 Å². The monoisotopic (exact) mass is 412 g/mol. The van der Waals surface area contributed by atoms with E-state index < -0.39 is 16.0 Å². The van der Waals surface area contributed by atoms with Gasteiger partial charge >= 0.3 is 5.97 Å². The van der Waals surface area contributed by atoms with E-state index in [1.165, 1.54) is 17.2 Å². The number of carboxylic acid groups (broad SMARTS) is 1. The molecule has 2 aromatic carbocycles. The number of nitrogens with one attached hydrogen (secondary N) is 1. The number of ether oxygens (including phenoxy) is 1. The summed E-state index contributed by atoms with van der Waals surface area (Å²) in [6.07, 6.45) is 0. The molecule has 0 spiro atoms. The van der Waals surface area contributed by atoms with Crippen molar-refractivity contribution in [3.05, 3.63) is 72.3 Å². The average molecular weight is 412 g/mol. The zero-order valence-electron chi connectivity index (χ0n) is 15.6. The number of carbonyl (C=O) groups is 1. The lowest BCUT2D eigenvalue weighted by molar-refractivity contribution is 0.0697. The highest BCUT2D eigenvalue weighted by Crippen LogP contribution is 2.34. The summed E-state index contributed by atoms with van der Waals surface area (Å²) >= 11 is 0. The lowest BCUT2D eigenvalue weighted by atomic mass is 10.1. The predicted molar refractivity (Wildman–Crippen MR) is 111 cm³/mol. The molecule has 8 heteroatoms. The van der Waals surface area contributed by atoms with Crippen molar-refractivity contribution in [2.75, 3.05) is 11.9 Å². The first kappa shape index (κ1) is 20.4. The van der Waals surface area contributed by atoms with Crippen molar-refractivity contribution in [1.82, 2.24) is 0 Å². The molecule has 2 aliphatic carbocycles. The molecule has 0 heterocycles. The lowest BCUT2D eigenvalue weighted by Crippen LogP contribution is -2.16. The first-order chi connectivity index (χ1) is 13.8. The van der Waals surface area contributed by atoms with Gasteiger partial charge < -0.3 is 15.2 Å². The highest BCUT2D eigenvalue weighted by atomic mass is 32.2. The van der Waals surface area contributed by atoms with Gasteiger partial charge in [-0.1, -0.05) is 36.4 Å². The molecule has 0 aromatic heterocycles. The summed E-state index contributed by atoms with van der Waals surface area (Å²) in [5.74, 6) is -0.903. The Morgan fingerprint density at radius 3 is 2.14 bits per heavy atom. The van der Waals surface area contributed by atoms with Gasteiger partial charge in [-0.2, -0.15) is 0 Å². The van der Waals surface area contributed by atoms with Gasteiger partial charge in [0.1, 0.15) is 16.4 Å². The fourth-order valence-electron chi connectivity index (χ4n) is 2.67. The van der Waals surface area contributed by atoms with E-state index in [4.69, 9.17) is 9.88 Å². The second-order valence-electron chi connectivity index (χ2n) is 6.22. The zero-order chi connectivity index (χ0) is 21.0. The van der Waals surface area contributed by atoms with Crippen LogP contribution < -0.4 is 15.2 Å². The number of primary sulfonamides is 1. The van der Waals surface area contributed by atoms with E-state index in [-0.39, 0.29) is 21.9 Å². The van der Waals surface area contributed by atoms with Crippen molar-refractivity contribution >= 4 is 21.7 Å². The molecule has 2 aromatic rings. The number of para-hydroxylation sites is 1. The zero-order valence-corrected chi connectivity index (χ0v) is 16.4. The minimum Gasteiger partial charge on any atom is -0.478 e. The number of fused-ring (bicyclic) bond motifs is 1. The van der Waals surface area contributed by atoms with Crippen LogP contribution in [0.3, 0.4) is 0 Å². The summed E-state index contributed by atoms with van der Waals surface area (Å²) in [5.41, 5.74) is 2.90. The van der Waals surface area contributed by atoms with E-state index in [1.807, 2.05) is 0 Å². The van der Waals surface area contributed by atoms with Crippen molar-refractivity contribution in [3.8, 4) is 22.6 Å². The van der Waals surface area contributed by atoms with Crippen LogP contribution in [0.5, 0.6) is 11.5 Å². The standard InChI is InChI=1S/C15H16N2O5S.C6H4/c1-2-17-12-9-13(22-10-6-4-3-5-7-10)14(23(16,20)21)8-11(12)15(18)19;1-2-5-4-6(5)3-1/h3-9,17H,2H2,1H3,(H,18,19)(H2,16,20,21);1-4H. The Kier molecular flexibility index (Phi) is 5.86. The largest absolute Gasteiger partial charge is 0.478 e. The smallest absolute Gasteiger partial charge is 0.337 e. The quantitative estimate of drug-likeness (QED) is 0.442. The van der Waals surface area contributed by atoms with Crippen LogP contribution in [-0.4, -0.2) is 26.0 Å². The Balaban J connectivity index is 0.000000334. The predicted octanol–water partition coefficient (Wildman–Crippen LogP) is 3.92. The Morgan fingerprint density at radius 1 is 1.03 bits per heavy atom. The highest BCUT2D eigenvalue weighted by Gasteiger charge is 2.22. The van der Waals surface area contributed by atoms with Gasteiger partial charge in [-0.05, 0) is 42.3 Å². The molecule has 0 unspecified atom stereocenters. The molecule has 0 fully saturated rings. The first-order valence-electron chi connectivity index (χ1n) is 8.81. The van der Waals surface area contributed by atoms with E-state index in [0.717, 1.165) is 6.07 Å². The van der Waals surface area contributed by atoms with Crippen molar-refractivity contribution < 1.29 is 23.1 Å². The molecule has 0 radical (unpaired) electrons. The Labute approximate surface area is 168 Å². The molecule has 7 nitrogen and oxygen atoms in total. The maximum atomic E-state index is 11.8. The summed E-state index contributed by atoms with van der Waals surface area (Å²) in [6, 6.07) is 19.3. The van der Waals surface area contributed by atoms with Crippen LogP contribution in [0.25, 0.3) is 11.1 Å². The Morgan fingerprint density at radius 2 is 1.69 bits per heavy atom. The van der Waals surface area contributed by atoms with Crippen molar-refractivity contribution in [2.45, 2.75) is 11.8 Å². The third-order valence-electron chi connectivity index (χ3n) is 4.07. The average Bonchev–Trinajstić information content (AvgIpc) is 3.27. The van der Waals surface area contributed by atoms with Crippen LogP contribution in [-0.2, 0) is 10.0 Å². The SMILES string of the molecule is CCNc1cc(Oc2ccccc2)c(S(N)(=O)=O)cc1C(=O)O.c1cc2cc-2c1. The third kappa shape index (κ3) is 5.13. The van der Waals surface area contributed by atoms with E-state index >= 15 is 0 Å². The fourth-order valence-corrected chi connectivity index (χ4v) is 3.33. The van der Waals surface area contributed by atoms with Gasteiger partial charge in [0.2, 0.25) is 10.0 Å². The van der Waals surface area contributed by atoms with Crippen molar-refractivity contribution in [2.24, 2.45) is 5.14 Å². The highest BCUT2D eigenvalue weighted by molar-refractivity contribution is 7.89. The van der Waals surface area contributed by atoms with Crippen molar-refractivity contribution in [3.63, 3.8) is 0 Å². The number of nitrogens with two attached hydrogens (primary N) is 1.